The first-order valence-electron chi connectivity index (χ1n) is 14.1. The number of hydrogen-bond acceptors (Lipinski definition) is 12. The maximum Gasteiger partial charge on any atom is 0.344 e. The Labute approximate surface area is 269 Å². The summed E-state index contributed by atoms with van der Waals surface area (Å²) in [6.45, 7) is 7.39. The molecule has 14 nitrogen and oxygen atoms in total. The van der Waals surface area contributed by atoms with Gasteiger partial charge >= 0.3 is 18.0 Å². The number of ether oxygens (including phenoxy) is 6. The largest absolute Gasteiger partial charge is 0.490 e. The summed E-state index contributed by atoms with van der Waals surface area (Å²) in [6, 6.07) is 7.09. The monoisotopic (exact) mass is 692 g/mol. The predicted molar refractivity (Wildman–Crippen MR) is 166 cm³/mol. The fourth-order valence-electron chi connectivity index (χ4n) is 4.22. The van der Waals surface area contributed by atoms with Crippen molar-refractivity contribution in [1.29, 1.82) is 0 Å². The minimum Gasteiger partial charge on any atom is -0.490 e. The molecule has 4 N–H and O–H groups in total. The van der Waals surface area contributed by atoms with Gasteiger partial charge in [-0.1, -0.05) is 6.07 Å². The van der Waals surface area contributed by atoms with Crippen molar-refractivity contribution in [3.8, 4) is 23.0 Å². The Bertz CT molecular complexity index is 1430. The Kier molecular flexibility index (Phi) is 13.3. The summed E-state index contributed by atoms with van der Waals surface area (Å²) in [4.78, 5) is 36.3. The molecule has 0 aromatic heterocycles. The lowest BCUT2D eigenvalue weighted by atomic mass is 9.95. The van der Waals surface area contributed by atoms with Gasteiger partial charge < -0.3 is 44.2 Å². The fourth-order valence-corrected chi connectivity index (χ4v) is 4.79. The number of urea groups is 1. The van der Waals surface area contributed by atoms with E-state index in [0.717, 1.165) is 0 Å². The predicted octanol–water partition coefficient (Wildman–Crippen LogP) is 3.31. The maximum atomic E-state index is 12.4. The van der Waals surface area contributed by atoms with Crippen LogP contribution in [0.4, 0.5) is 4.79 Å². The van der Waals surface area contributed by atoms with E-state index in [1.807, 2.05) is 6.92 Å². The average molecular weight is 694 g/mol. The third-order valence-corrected chi connectivity index (χ3v) is 6.67. The molecule has 1 aliphatic rings. The van der Waals surface area contributed by atoms with E-state index in [-0.39, 0.29) is 25.4 Å². The van der Waals surface area contributed by atoms with E-state index in [0.29, 0.717) is 57.5 Å². The Morgan fingerprint density at radius 2 is 1.78 bits per heavy atom. The highest BCUT2D eigenvalue weighted by Gasteiger charge is 2.32. The normalized spacial score (nSPS) is 15.1. The number of hydrazone groups is 1. The highest BCUT2D eigenvalue weighted by molar-refractivity contribution is 9.10. The van der Waals surface area contributed by atoms with Crippen molar-refractivity contribution < 1.29 is 47.9 Å². The number of hydrogen-bond donors (Lipinski definition) is 4. The zero-order chi connectivity index (χ0) is 32.9. The quantitative estimate of drug-likeness (QED) is 0.0879. The summed E-state index contributed by atoms with van der Waals surface area (Å²) < 4.78 is 33.1. The van der Waals surface area contributed by atoms with Crippen molar-refractivity contribution in [2.75, 3.05) is 40.1 Å². The first kappa shape index (κ1) is 35.0. The molecular formula is C30H37BrN4O10. The number of benzene rings is 2. The van der Waals surface area contributed by atoms with E-state index in [4.69, 9.17) is 28.4 Å². The minimum atomic E-state index is -1.20. The number of carbonyl (C=O) groups is 3. The van der Waals surface area contributed by atoms with Gasteiger partial charge in [0.15, 0.2) is 35.8 Å². The van der Waals surface area contributed by atoms with E-state index >= 15 is 0 Å². The van der Waals surface area contributed by atoms with E-state index in [2.05, 4.69) is 37.1 Å². The molecule has 15 heteroatoms. The lowest BCUT2D eigenvalue weighted by Gasteiger charge is -2.28. The number of aliphatic hydroxyl groups is 1. The molecular weight excluding hydrogens is 656 g/mol. The lowest BCUT2D eigenvalue weighted by molar-refractivity contribution is -0.145. The van der Waals surface area contributed by atoms with Crippen LogP contribution in [-0.4, -0.2) is 75.7 Å². The molecule has 1 heterocycles. The molecule has 3 rings (SSSR count). The molecule has 0 radical (unpaired) electrons. The smallest absolute Gasteiger partial charge is 0.344 e. The molecule has 0 unspecified atom stereocenters. The van der Waals surface area contributed by atoms with Gasteiger partial charge in [0.2, 0.25) is 0 Å². The molecule has 244 valence electrons. The zero-order valence-electron chi connectivity index (χ0n) is 25.6. The topological polar surface area (TPSA) is 175 Å². The molecule has 2 amide bonds. The molecule has 1 aliphatic heterocycles. The van der Waals surface area contributed by atoms with Crippen LogP contribution in [0.5, 0.6) is 23.0 Å². The average Bonchev–Trinajstić information content (AvgIpc) is 2.99. The van der Waals surface area contributed by atoms with Gasteiger partial charge in [-0.3, -0.25) is 5.43 Å². The van der Waals surface area contributed by atoms with Gasteiger partial charge in [0, 0.05) is 5.70 Å². The minimum absolute atomic E-state index is 0.193. The SMILES string of the molecule is CCOC(=O)COc1c(Br)cc(/C=N\N[C@@H](O)COc2ccc([C@@H]3NC(=O)NC(C)=C3C(=O)OC)cc2OCC)cc1OCC. The number of nitrogens with one attached hydrogen (secondary N) is 3. The Balaban J connectivity index is 1.67. The second-order valence-corrected chi connectivity index (χ2v) is 10.1. The van der Waals surface area contributed by atoms with E-state index in [9.17, 15) is 19.5 Å². The summed E-state index contributed by atoms with van der Waals surface area (Å²) in [5.41, 5.74) is 4.40. The number of amides is 2. The number of rotatable bonds is 16. The van der Waals surface area contributed by atoms with Crippen LogP contribution in [0.3, 0.4) is 0 Å². The van der Waals surface area contributed by atoms with Crippen molar-refractivity contribution in [2.45, 2.75) is 40.0 Å². The molecule has 45 heavy (non-hydrogen) atoms. The first-order chi connectivity index (χ1) is 21.6. The lowest BCUT2D eigenvalue weighted by Crippen LogP contribution is -2.45. The van der Waals surface area contributed by atoms with Gasteiger partial charge in [-0.15, -0.1) is 0 Å². The van der Waals surface area contributed by atoms with Gasteiger partial charge in [-0.2, -0.15) is 5.10 Å². The summed E-state index contributed by atoms with van der Waals surface area (Å²) in [5.74, 6) is 0.320. The summed E-state index contributed by atoms with van der Waals surface area (Å²) in [6.07, 6.45) is 0.269. The van der Waals surface area contributed by atoms with Crippen LogP contribution in [0.25, 0.3) is 0 Å². The number of carbonyl (C=O) groups excluding carboxylic acids is 3. The van der Waals surface area contributed by atoms with Crippen LogP contribution in [0.15, 0.2) is 51.2 Å². The van der Waals surface area contributed by atoms with Crippen molar-refractivity contribution in [3.63, 3.8) is 0 Å². The third-order valence-electron chi connectivity index (χ3n) is 6.08. The van der Waals surface area contributed by atoms with Crippen molar-refractivity contribution in [1.82, 2.24) is 16.1 Å². The Morgan fingerprint density at radius 1 is 1.04 bits per heavy atom. The van der Waals surface area contributed by atoms with Crippen molar-refractivity contribution in [3.05, 3.63) is 57.2 Å². The van der Waals surface area contributed by atoms with Crippen LogP contribution in [0.2, 0.25) is 0 Å². The van der Waals surface area contributed by atoms with Gasteiger partial charge in [0.25, 0.3) is 0 Å². The van der Waals surface area contributed by atoms with E-state index in [1.54, 1.807) is 51.1 Å². The number of nitrogens with zero attached hydrogens (tertiary/aromatic N) is 1. The summed E-state index contributed by atoms with van der Waals surface area (Å²) in [7, 11) is 1.26. The van der Waals surface area contributed by atoms with Gasteiger partial charge in [-0.25, -0.2) is 14.4 Å². The number of halogens is 1. The molecule has 2 atom stereocenters. The number of esters is 2. The van der Waals surface area contributed by atoms with Crippen molar-refractivity contribution in [2.24, 2.45) is 5.10 Å². The third kappa shape index (κ3) is 9.74. The number of methoxy groups -OCH3 is 1. The van der Waals surface area contributed by atoms with Crippen LogP contribution >= 0.6 is 15.9 Å². The van der Waals surface area contributed by atoms with Crippen molar-refractivity contribution >= 4 is 40.1 Å². The summed E-state index contributed by atoms with van der Waals surface area (Å²) >= 11 is 3.43. The molecule has 0 aliphatic carbocycles. The van der Waals surface area contributed by atoms with E-state index in [1.165, 1.54) is 13.3 Å². The Hall–Kier alpha value is -4.50. The Morgan fingerprint density at radius 3 is 2.47 bits per heavy atom. The molecule has 0 saturated heterocycles. The molecule has 0 spiro atoms. The van der Waals surface area contributed by atoms with Gasteiger partial charge in [0.05, 0.1) is 49.2 Å². The van der Waals surface area contributed by atoms with Crippen LogP contribution in [0.1, 0.15) is 44.9 Å². The van der Waals surface area contributed by atoms with Crippen LogP contribution in [-0.2, 0) is 19.1 Å². The standard InChI is InChI=1S/C30H37BrN4O10/c1-6-41-22-13-19(27-26(29(38)40-5)17(4)33-30(39)34-27)9-10-21(22)44-15-24(36)35-32-14-18-11-20(31)28(23(12-18)42-7-2)45-16-25(37)43-8-3/h9-14,24,27,35-36H,6-8,15-16H2,1-5H3,(H2,33,34,39)/b32-14-/t24-,27-/m0/s1. The van der Waals surface area contributed by atoms with Crippen LogP contribution in [0, 0.1) is 0 Å². The molecule has 2 aromatic carbocycles. The highest BCUT2D eigenvalue weighted by Crippen LogP contribution is 2.37. The molecule has 0 bridgehead atoms. The molecule has 0 saturated carbocycles. The van der Waals surface area contributed by atoms with Crippen LogP contribution < -0.4 is 35.0 Å². The fraction of sp³-hybridized carbons (Fsp3) is 0.400. The molecule has 0 fully saturated rings. The number of aliphatic hydroxyl groups excluding tert-OH is 1. The highest BCUT2D eigenvalue weighted by atomic mass is 79.9. The second kappa shape index (κ2) is 17.1. The van der Waals surface area contributed by atoms with Gasteiger partial charge in [0.1, 0.15) is 6.61 Å². The molecule has 2 aromatic rings. The summed E-state index contributed by atoms with van der Waals surface area (Å²) in [5, 5.41) is 19.8. The zero-order valence-corrected chi connectivity index (χ0v) is 27.2. The van der Waals surface area contributed by atoms with E-state index < -0.39 is 30.2 Å². The first-order valence-corrected chi connectivity index (χ1v) is 14.9. The maximum absolute atomic E-state index is 12.4. The number of allylic oxidation sites excluding steroid dienone is 1. The van der Waals surface area contributed by atoms with Gasteiger partial charge in [-0.05, 0) is 79.0 Å². The second-order valence-electron chi connectivity index (χ2n) is 9.27.